The Bertz CT molecular complexity index is 2360. The SMILES string of the molecule is Cc1cc(OCCCc2c3n(c4c(-c5c(C)nn(C)c5C)c(Cl)ccc24)[C@@H](C)CN(c2cn(C)c4ccc(C(=O)O)cc24)C3=O)cc(C)c1Cl. The van der Waals surface area contributed by atoms with Crippen molar-refractivity contribution in [1.29, 1.82) is 0 Å². The van der Waals surface area contributed by atoms with Gasteiger partial charge >= 0.3 is 5.97 Å². The van der Waals surface area contributed by atoms with Crippen LogP contribution in [0.25, 0.3) is 32.9 Å². The summed E-state index contributed by atoms with van der Waals surface area (Å²) in [5, 5.41) is 17.5. The van der Waals surface area contributed by atoms with Crippen molar-refractivity contribution in [3.05, 3.63) is 98.0 Å². The fourth-order valence-electron chi connectivity index (χ4n) is 7.66. The Morgan fingerprint density at radius 3 is 2.38 bits per heavy atom. The molecule has 1 aliphatic heterocycles. The third kappa shape index (κ3) is 5.34. The third-order valence-electron chi connectivity index (χ3n) is 10.1. The first-order chi connectivity index (χ1) is 23.8. The van der Waals surface area contributed by atoms with Gasteiger partial charge < -0.3 is 23.9 Å². The molecule has 0 aliphatic carbocycles. The van der Waals surface area contributed by atoms with Gasteiger partial charge in [-0.3, -0.25) is 9.48 Å². The van der Waals surface area contributed by atoms with Gasteiger partial charge in [0, 0.05) is 71.0 Å². The van der Waals surface area contributed by atoms with Gasteiger partial charge in [-0.05, 0) is 101 Å². The molecule has 9 nitrogen and oxygen atoms in total. The molecule has 4 heterocycles. The van der Waals surface area contributed by atoms with Crippen molar-refractivity contribution in [3.63, 3.8) is 0 Å². The smallest absolute Gasteiger partial charge is 0.335 e. The molecule has 1 N–H and O–H groups in total. The first-order valence-corrected chi connectivity index (χ1v) is 17.4. The number of carboxylic acid groups (broad SMARTS) is 1. The Kier molecular flexibility index (Phi) is 8.47. The normalized spacial score (nSPS) is 14.6. The summed E-state index contributed by atoms with van der Waals surface area (Å²) in [6.45, 7) is 10.9. The van der Waals surface area contributed by atoms with Gasteiger partial charge in [0.1, 0.15) is 11.4 Å². The quantitative estimate of drug-likeness (QED) is 0.159. The molecule has 0 fully saturated rings. The van der Waals surface area contributed by atoms with Gasteiger partial charge in [-0.1, -0.05) is 29.3 Å². The van der Waals surface area contributed by atoms with Crippen molar-refractivity contribution in [1.82, 2.24) is 18.9 Å². The van der Waals surface area contributed by atoms with E-state index in [4.69, 9.17) is 33.0 Å². The fraction of sp³-hybridized carbons (Fsp3) is 0.308. The van der Waals surface area contributed by atoms with Gasteiger partial charge in [-0.2, -0.15) is 5.10 Å². The molecule has 3 aromatic heterocycles. The van der Waals surface area contributed by atoms with E-state index in [1.807, 2.05) is 81.5 Å². The summed E-state index contributed by atoms with van der Waals surface area (Å²) in [7, 11) is 3.83. The van der Waals surface area contributed by atoms with E-state index >= 15 is 0 Å². The molecule has 1 atom stereocenters. The predicted octanol–water partition coefficient (Wildman–Crippen LogP) is 9.01. The molecule has 0 saturated heterocycles. The summed E-state index contributed by atoms with van der Waals surface area (Å²) in [6.07, 6.45) is 3.16. The van der Waals surface area contributed by atoms with Crippen LogP contribution < -0.4 is 9.64 Å². The molecule has 1 amide bonds. The number of benzene rings is 3. The number of ether oxygens (including phenoxy) is 1. The van der Waals surface area contributed by atoms with E-state index in [1.165, 1.54) is 0 Å². The number of carbonyl (C=O) groups excluding carboxylic acids is 1. The maximum absolute atomic E-state index is 14.9. The minimum atomic E-state index is -1.01. The van der Waals surface area contributed by atoms with E-state index in [0.717, 1.165) is 66.4 Å². The number of fused-ring (bicyclic) bond motifs is 4. The molecule has 6 aromatic rings. The van der Waals surface area contributed by atoms with Gasteiger partial charge in [0.25, 0.3) is 5.91 Å². The Morgan fingerprint density at radius 1 is 1.00 bits per heavy atom. The molecule has 1 aliphatic rings. The number of aromatic carboxylic acids is 1. The number of rotatable bonds is 8. The minimum Gasteiger partial charge on any atom is -0.494 e. The number of hydrogen-bond acceptors (Lipinski definition) is 4. The monoisotopic (exact) mass is 711 g/mol. The number of aryl methyl sites for hydroxylation is 6. The average Bonchev–Trinajstić information content (AvgIpc) is 3.67. The second kappa shape index (κ2) is 12.5. The maximum atomic E-state index is 14.9. The summed E-state index contributed by atoms with van der Waals surface area (Å²) >= 11 is 13.5. The van der Waals surface area contributed by atoms with Crippen molar-refractivity contribution in [2.24, 2.45) is 14.1 Å². The van der Waals surface area contributed by atoms with E-state index in [0.29, 0.717) is 47.8 Å². The summed E-state index contributed by atoms with van der Waals surface area (Å²) in [5.74, 6) is -0.398. The summed E-state index contributed by atoms with van der Waals surface area (Å²) in [5.41, 5.74) is 9.74. The lowest BCUT2D eigenvalue weighted by Crippen LogP contribution is -2.42. The fourth-order valence-corrected chi connectivity index (χ4v) is 8.01. The summed E-state index contributed by atoms with van der Waals surface area (Å²) in [6, 6.07) is 12.7. The number of nitrogens with zero attached hydrogens (tertiary/aromatic N) is 5. The number of hydrogen-bond donors (Lipinski definition) is 1. The molecule has 0 radical (unpaired) electrons. The molecule has 0 bridgehead atoms. The van der Waals surface area contributed by atoms with Crippen LogP contribution >= 0.6 is 23.2 Å². The highest BCUT2D eigenvalue weighted by Gasteiger charge is 2.37. The van der Waals surface area contributed by atoms with Crippen molar-refractivity contribution in [3.8, 4) is 16.9 Å². The average molecular weight is 713 g/mol. The number of amides is 1. The van der Waals surface area contributed by atoms with Crippen LogP contribution in [-0.4, -0.2) is 49.0 Å². The van der Waals surface area contributed by atoms with Gasteiger partial charge in [-0.25, -0.2) is 4.79 Å². The number of aromatic nitrogens is 4. The Balaban J connectivity index is 1.38. The van der Waals surface area contributed by atoms with Crippen LogP contribution in [0.4, 0.5) is 5.69 Å². The molecule has 0 spiro atoms. The summed E-state index contributed by atoms with van der Waals surface area (Å²) in [4.78, 5) is 28.7. The molecule has 7 rings (SSSR count). The Hall–Kier alpha value is -4.73. The highest BCUT2D eigenvalue weighted by atomic mass is 35.5. The zero-order valence-corrected chi connectivity index (χ0v) is 30.7. The van der Waals surface area contributed by atoms with E-state index in [2.05, 4.69) is 11.5 Å². The van der Waals surface area contributed by atoms with Crippen molar-refractivity contribution in [2.45, 2.75) is 53.5 Å². The van der Waals surface area contributed by atoms with Crippen LogP contribution in [0.3, 0.4) is 0 Å². The first-order valence-electron chi connectivity index (χ1n) is 16.7. The van der Waals surface area contributed by atoms with Gasteiger partial charge in [0.05, 0.1) is 34.1 Å². The predicted molar refractivity (Wildman–Crippen MR) is 200 cm³/mol. The zero-order chi connectivity index (χ0) is 35.8. The van der Waals surface area contributed by atoms with Crippen molar-refractivity contribution >= 4 is 62.6 Å². The van der Waals surface area contributed by atoms with Crippen LogP contribution in [0.1, 0.15) is 68.3 Å². The van der Waals surface area contributed by atoms with E-state index < -0.39 is 5.97 Å². The molecule has 0 saturated carbocycles. The van der Waals surface area contributed by atoms with E-state index in [9.17, 15) is 14.7 Å². The van der Waals surface area contributed by atoms with Crippen LogP contribution in [0, 0.1) is 27.7 Å². The lowest BCUT2D eigenvalue weighted by Gasteiger charge is -2.34. The number of anilines is 1. The van der Waals surface area contributed by atoms with Crippen molar-refractivity contribution in [2.75, 3.05) is 18.1 Å². The topological polar surface area (TPSA) is 94.5 Å². The highest BCUT2D eigenvalue weighted by molar-refractivity contribution is 6.35. The third-order valence-corrected chi connectivity index (χ3v) is 11.0. The number of carboxylic acids is 1. The van der Waals surface area contributed by atoms with Gasteiger partial charge in [-0.15, -0.1) is 0 Å². The molecule has 11 heteroatoms. The van der Waals surface area contributed by atoms with E-state index in [-0.39, 0.29) is 17.5 Å². The van der Waals surface area contributed by atoms with Gasteiger partial charge in [0.15, 0.2) is 0 Å². The molecule has 50 heavy (non-hydrogen) atoms. The van der Waals surface area contributed by atoms with Crippen molar-refractivity contribution < 1.29 is 19.4 Å². The molecular weight excluding hydrogens is 673 g/mol. The lowest BCUT2D eigenvalue weighted by molar-refractivity contribution is 0.0696. The van der Waals surface area contributed by atoms with E-state index in [1.54, 1.807) is 23.1 Å². The molecule has 258 valence electrons. The highest BCUT2D eigenvalue weighted by Crippen LogP contribution is 2.45. The van der Waals surface area contributed by atoms with Crippen LogP contribution in [-0.2, 0) is 20.5 Å². The van der Waals surface area contributed by atoms with Crippen LogP contribution in [0.2, 0.25) is 10.0 Å². The Morgan fingerprint density at radius 2 is 1.72 bits per heavy atom. The number of halogens is 2. The molecule has 3 aromatic carbocycles. The van der Waals surface area contributed by atoms with Gasteiger partial charge in [0.2, 0.25) is 0 Å². The Labute approximate surface area is 300 Å². The standard InChI is InChI=1S/C39H39Cl2N5O4/c1-20-15-26(16-21(2)35(20)41)50-14-8-9-27-28-11-12-30(40)34(33-23(4)42-44(7)24(33)5)36(28)46-22(3)18-45(38(47)37(27)46)32-19-43(6)31-13-10-25(39(48)49)17-29(31)32/h10-13,15-17,19,22H,8-9,14,18H2,1-7H3,(H,48,49)/t22-/m0/s1. The second-order valence-electron chi connectivity index (χ2n) is 13.4. The first kappa shape index (κ1) is 33.8. The number of carbonyl (C=O) groups is 2. The van der Waals surface area contributed by atoms with Crippen LogP contribution in [0.5, 0.6) is 5.75 Å². The minimum absolute atomic E-state index is 0.136. The lowest BCUT2D eigenvalue weighted by atomic mass is 9.98. The van der Waals surface area contributed by atoms with Crippen LogP contribution in [0.15, 0.2) is 48.7 Å². The molecule has 0 unspecified atom stereocenters. The molecular formula is C39H39Cl2N5O4. The summed E-state index contributed by atoms with van der Waals surface area (Å²) < 4.78 is 12.2. The zero-order valence-electron chi connectivity index (χ0n) is 29.2. The largest absolute Gasteiger partial charge is 0.494 e. The second-order valence-corrected chi connectivity index (χ2v) is 14.2. The maximum Gasteiger partial charge on any atom is 0.335 e.